The van der Waals surface area contributed by atoms with E-state index in [0.717, 1.165) is 54.9 Å². The van der Waals surface area contributed by atoms with E-state index in [1.807, 2.05) is 18.2 Å². The Morgan fingerprint density at radius 2 is 2.03 bits per heavy atom. The third-order valence-electron chi connectivity index (χ3n) is 8.24. The quantitative estimate of drug-likeness (QED) is 0.334. The number of cyclic esters (lactones) is 1. The predicted molar refractivity (Wildman–Crippen MR) is 129 cm³/mol. The van der Waals surface area contributed by atoms with Crippen LogP contribution in [-0.2, 0) is 33.0 Å². The summed E-state index contributed by atoms with van der Waals surface area (Å²) in [5, 5.41) is 12.1. The van der Waals surface area contributed by atoms with Crippen LogP contribution in [0.4, 0.5) is 11.4 Å². The molecule has 0 radical (unpaired) electrons. The maximum Gasteiger partial charge on any atom is 0.343 e. The van der Waals surface area contributed by atoms with Crippen LogP contribution in [0.5, 0.6) is 0 Å². The van der Waals surface area contributed by atoms with E-state index in [4.69, 9.17) is 20.2 Å². The summed E-state index contributed by atoms with van der Waals surface area (Å²) in [6.07, 6.45) is 1.16. The molecule has 9 heteroatoms. The number of carbonyl (C=O) groups excluding carboxylic acids is 1. The maximum absolute atomic E-state index is 13.6. The number of pyridine rings is 2. The molecule has 2 saturated heterocycles. The van der Waals surface area contributed by atoms with E-state index in [1.165, 1.54) is 0 Å². The summed E-state index contributed by atoms with van der Waals surface area (Å²) >= 11 is 0. The molecule has 9 nitrogen and oxygen atoms in total. The normalized spacial score (nSPS) is 23.7. The molecule has 0 unspecified atom stereocenters. The fourth-order valence-corrected chi connectivity index (χ4v) is 6.26. The molecule has 0 amide bonds. The summed E-state index contributed by atoms with van der Waals surface area (Å²) in [6, 6.07) is 7.44. The number of hydrogen-bond acceptors (Lipinski definition) is 8. The van der Waals surface area contributed by atoms with E-state index in [2.05, 4.69) is 4.90 Å². The summed E-state index contributed by atoms with van der Waals surface area (Å²) in [4.78, 5) is 33.3. The molecule has 0 bridgehead atoms. The molecule has 2 aromatic heterocycles. The average Bonchev–Trinajstić information content (AvgIpc) is 3.45. The van der Waals surface area contributed by atoms with Gasteiger partial charge in [0.05, 0.1) is 41.3 Å². The highest BCUT2D eigenvalue weighted by Gasteiger charge is 2.48. The fourth-order valence-electron chi connectivity index (χ4n) is 6.26. The third kappa shape index (κ3) is 2.68. The van der Waals surface area contributed by atoms with Crippen molar-refractivity contribution in [2.75, 3.05) is 36.9 Å². The number of aromatic nitrogens is 2. The molecule has 3 aromatic rings. The van der Waals surface area contributed by atoms with Gasteiger partial charge in [-0.3, -0.25) is 4.79 Å². The van der Waals surface area contributed by atoms with Crippen molar-refractivity contribution in [2.45, 2.75) is 38.5 Å². The molecule has 4 aliphatic rings. The van der Waals surface area contributed by atoms with Crippen LogP contribution in [0.1, 0.15) is 36.5 Å². The number of hydrogen-bond donors (Lipinski definition) is 2. The second kappa shape index (κ2) is 6.83. The second-order valence-corrected chi connectivity index (χ2v) is 10.3. The number of ether oxygens (including phenoxy) is 2. The van der Waals surface area contributed by atoms with Gasteiger partial charge in [0.1, 0.15) is 6.61 Å². The van der Waals surface area contributed by atoms with Crippen molar-refractivity contribution in [1.29, 1.82) is 0 Å². The molecule has 3 N–H and O–H groups in total. The Bertz CT molecular complexity index is 1500. The second-order valence-electron chi connectivity index (χ2n) is 10.3. The zero-order chi connectivity index (χ0) is 24.1. The highest BCUT2D eigenvalue weighted by molar-refractivity contribution is 5.99. The Hall–Kier alpha value is -3.43. The SMILES string of the molecule is CC[C@@]1(O)C(=O)OCc2c1cc1n(c2=O)Cc2c-1nc1ccc(N)cc1c2N1CC2(CCOC2)C1. The molecule has 4 aliphatic heterocycles. The first kappa shape index (κ1) is 20.9. The maximum atomic E-state index is 13.6. The number of esters is 1. The molecular weight excluding hydrogens is 448 g/mol. The minimum Gasteiger partial charge on any atom is -0.458 e. The van der Waals surface area contributed by atoms with Crippen LogP contribution in [-0.4, -0.2) is 46.9 Å². The van der Waals surface area contributed by atoms with Crippen LogP contribution < -0.4 is 16.2 Å². The van der Waals surface area contributed by atoms with Gasteiger partial charge in [0.15, 0.2) is 5.60 Å². The Kier molecular flexibility index (Phi) is 4.08. The molecule has 0 saturated carbocycles. The number of benzene rings is 1. The number of aliphatic hydroxyl groups is 1. The van der Waals surface area contributed by atoms with Crippen LogP contribution >= 0.6 is 0 Å². The molecule has 180 valence electrons. The van der Waals surface area contributed by atoms with Gasteiger partial charge in [0.25, 0.3) is 5.56 Å². The molecular formula is C26H26N4O5. The smallest absolute Gasteiger partial charge is 0.343 e. The standard InChI is InChI=1S/C26H26N4O5/c1-2-26(33)18-8-20-21-16(9-30(20)23(31)17(18)10-35-24(26)32)22(15-7-14(27)3-4-19(15)28-21)29-11-25(12-29)5-6-34-13-25/h3-4,7-8,33H,2,5-6,9-13,27H2,1H3/t26-/m0/s1. The lowest BCUT2D eigenvalue weighted by Crippen LogP contribution is -2.57. The molecule has 1 aromatic carbocycles. The summed E-state index contributed by atoms with van der Waals surface area (Å²) in [5.74, 6) is -0.720. The summed E-state index contributed by atoms with van der Waals surface area (Å²) in [6.45, 7) is 5.26. The van der Waals surface area contributed by atoms with Gasteiger partial charge < -0.3 is 29.8 Å². The largest absolute Gasteiger partial charge is 0.458 e. The van der Waals surface area contributed by atoms with Gasteiger partial charge in [-0.05, 0) is 37.1 Å². The summed E-state index contributed by atoms with van der Waals surface area (Å²) in [5.41, 5.74) is 9.69. The molecule has 0 aliphatic carbocycles. The van der Waals surface area contributed by atoms with Crippen LogP contribution in [0.25, 0.3) is 22.3 Å². The van der Waals surface area contributed by atoms with Crippen molar-refractivity contribution in [3.05, 3.63) is 51.3 Å². The van der Waals surface area contributed by atoms with Crippen molar-refractivity contribution in [3.8, 4) is 11.4 Å². The minimum absolute atomic E-state index is 0.113. The highest BCUT2D eigenvalue weighted by Crippen LogP contribution is 2.48. The van der Waals surface area contributed by atoms with Crippen LogP contribution in [0.2, 0.25) is 0 Å². The first-order chi connectivity index (χ1) is 16.8. The van der Waals surface area contributed by atoms with Gasteiger partial charge in [-0.25, -0.2) is 9.78 Å². The van der Waals surface area contributed by atoms with Crippen molar-refractivity contribution >= 4 is 28.2 Å². The Morgan fingerprint density at radius 3 is 2.77 bits per heavy atom. The first-order valence-corrected chi connectivity index (χ1v) is 12.1. The lowest BCUT2D eigenvalue weighted by atomic mass is 9.78. The van der Waals surface area contributed by atoms with E-state index in [1.54, 1.807) is 17.6 Å². The van der Waals surface area contributed by atoms with Gasteiger partial charge in [-0.1, -0.05) is 6.92 Å². The first-order valence-electron chi connectivity index (χ1n) is 12.1. The van der Waals surface area contributed by atoms with E-state index < -0.39 is 11.6 Å². The van der Waals surface area contributed by atoms with Gasteiger partial charge >= 0.3 is 5.97 Å². The van der Waals surface area contributed by atoms with Gasteiger partial charge in [-0.15, -0.1) is 0 Å². The van der Waals surface area contributed by atoms with Crippen molar-refractivity contribution < 1.29 is 19.4 Å². The van der Waals surface area contributed by atoms with Gasteiger partial charge in [-0.2, -0.15) is 0 Å². The van der Waals surface area contributed by atoms with Crippen LogP contribution in [0.3, 0.4) is 0 Å². The van der Waals surface area contributed by atoms with Crippen LogP contribution in [0, 0.1) is 5.41 Å². The number of rotatable bonds is 2. The molecule has 6 heterocycles. The Balaban J connectivity index is 1.45. The van der Waals surface area contributed by atoms with Crippen molar-refractivity contribution in [2.24, 2.45) is 5.41 Å². The number of carbonyl (C=O) groups is 1. The lowest BCUT2D eigenvalue weighted by Gasteiger charge is -2.49. The number of anilines is 2. The monoisotopic (exact) mass is 474 g/mol. The number of nitrogens with two attached hydrogens (primary N) is 1. The third-order valence-corrected chi connectivity index (χ3v) is 8.24. The molecule has 1 atom stereocenters. The predicted octanol–water partition coefficient (Wildman–Crippen LogP) is 1.89. The van der Waals surface area contributed by atoms with Crippen molar-refractivity contribution in [3.63, 3.8) is 0 Å². The fraction of sp³-hybridized carbons (Fsp3) is 0.423. The summed E-state index contributed by atoms with van der Waals surface area (Å²) in [7, 11) is 0. The molecule has 7 rings (SSSR count). The zero-order valence-electron chi connectivity index (χ0n) is 19.5. The highest BCUT2D eigenvalue weighted by atomic mass is 16.6. The van der Waals surface area contributed by atoms with Gasteiger partial charge in [0.2, 0.25) is 0 Å². The lowest BCUT2D eigenvalue weighted by molar-refractivity contribution is -0.172. The van der Waals surface area contributed by atoms with E-state index >= 15 is 0 Å². The average molecular weight is 475 g/mol. The van der Waals surface area contributed by atoms with Gasteiger partial charge in [0, 0.05) is 47.3 Å². The van der Waals surface area contributed by atoms with E-state index in [-0.39, 0.29) is 24.0 Å². The Morgan fingerprint density at radius 1 is 1.20 bits per heavy atom. The molecule has 1 spiro atoms. The minimum atomic E-state index is -1.84. The topological polar surface area (TPSA) is 120 Å². The number of nitrogen functional groups attached to an aromatic ring is 1. The van der Waals surface area contributed by atoms with Crippen molar-refractivity contribution in [1.82, 2.24) is 9.55 Å². The molecule has 2 fully saturated rings. The van der Waals surface area contributed by atoms with Crippen LogP contribution in [0.15, 0.2) is 29.1 Å². The number of fused-ring (bicyclic) bond motifs is 5. The molecule has 35 heavy (non-hydrogen) atoms. The summed E-state index contributed by atoms with van der Waals surface area (Å²) < 4.78 is 12.6. The zero-order valence-corrected chi connectivity index (χ0v) is 19.5. The Labute approximate surface area is 201 Å². The van der Waals surface area contributed by atoms with E-state index in [0.29, 0.717) is 34.7 Å². The van der Waals surface area contributed by atoms with E-state index in [9.17, 15) is 14.7 Å². The number of nitrogens with zero attached hydrogens (tertiary/aromatic N) is 3.